The fraction of sp³-hybridized carbons (Fsp3) is 0.571. The predicted octanol–water partition coefficient (Wildman–Crippen LogP) is 1.69. The molecule has 1 amide bonds. The fourth-order valence-corrected chi connectivity index (χ4v) is 3.14. The Balaban J connectivity index is 0.00000176. The number of nitrogens with zero attached hydrogens (tertiary/aromatic N) is 3. The lowest BCUT2D eigenvalue weighted by Gasteiger charge is -2.24. The van der Waals surface area contributed by atoms with Crippen LogP contribution in [0.3, 0.4) is 0 Å². The number of halogens is 1. The molecule has 2 saturated heterocycles. The number of hydrogen-bond donors (Lipinski definition) is 1. The summed E-state index contributed by atoms with van der Waals surface area (Å²) < 4.78 is 0. The molecule has 2 aliphatic rings. The molecular weight excluding hydrogens is 308 g/mol. The van der Waals surface area contributed by atoms with Crippen molar-refractivity contribution < 1.29 is 9.72 Å². The van der Waals surface area contributed by atoms with Crippen molar-refractivity contribution >= 4 is 24.0 Å². The molecular formula is C14H19ClN4O3. The number of fused-ring (bicyclic) bond motifs is 2. The highest BCUT2D eigenvalue weighted by atomic mass is 35.5. The summed E-state index contributed by atoms with van der Waals surface area (Å²) in [5.41, 5.74) is 0.730. The Bertz CT molecular complexity index is 595. The van der Waals surface area contributed by atoms with E-state index in [0.717, 1.165) is 12.8 Å². The Labute approximate surface area is 134 Å². The van der Waals surface area contributed by atoms with Gasteiger partial charge in [0.15, 0.2) is 0 Å². The van der Waals surface area contributed by atoms with E-state index in [1.165, 1.54) is 18.7 Å². The number of aromatic nitrogens is 1. The number of aryl methyl sites for hydroxylation is 1. The first-order valence-corrected chi connectivity index (χ1v) is 7.21. The van der Waals surface area contributed by atoms with E-state index >= 15 is 0 Å². The number of amides is 1. The molecule has 2 aliphatic heterocycles. The van der Waals surface area contributed by atoms with E-state index in [4.69, 9.17) is 0 Å². The smallest absolute Gasteiger partial charge is 0.288 e. The number of nitrogens with one attached hydrogen (secondary N) is 1. The van der Waals surface area contributed by atoms with Crippen molar-refractivity contribution in [3.63, 3.8) is 0 Å². The molecule has 0 aromatic carbocycles. The molecule has 0 spiro atoms. The summed E-state index contributed by atoms with van der Waals surface area (Å²) in [6.07, 6.45) is 4.38. The van der Waals surface area contributed by atoms with Crippen LogP contribution in [0, 0.1) is 17.0 Å². The van der Waals surface area contributed by atoms with E-state index in [1.54, 1.807) is 11.8 Å². The molecule has 8 heteroatoms. The summed E-state index contributed by atoms with van der Waals surface area (Å²) in [5, 5.41) is 14.4. The number of nitro groups is 1. The molecule has 0 saturated carbocycles. The summed E-state index contributed by atoms with van der Waals surface area (Å²) in [6.45, 7) is 3.06. The third-order valence-electron chi connectivity index (χ3n) is 4.32. The Morgan fingerprint density at radius 1 is 1.41 bits per heavy atom. The van der Waals surface area contributed by atoms with Crippen molar-refractivity contribution in [1.29, 1.82) is 0 Å². The van der Waals surface area contributed by atoms with Crippen LogP contribution >= 0.6 is 12.4 Å². The molecule has 2 atom stereocenters. The molecule has 0 radical (unpaired) electrons. The highest BCUT2D eigenvalue weighted by molar-refractivity contribution is 5.95. The van der Waals surface area contributed by atoms with E-state index in [-0.39, 0.29) is 24.0 Å². The van der Waals surface area contributed by atoms with Crippen LogP contribution in [0.1, 0.15) is 35.3 Å². The number of carbonyl (C=O) groups is 1. The van der Waals surface area contributed by atoms with Gasteiger partial charge in [-0.2, -0.15) is 0 Å². The van der Waals surface area contributed by atoms with Gasteiger partial charge in [0.1, 0.15) is 6.20 Å². The third kappa shape index (κ3) is 3.20. The van der Waals surface area contributed by atoms with Crippen LogP contribution in [0.15, 0.2) is 12.3 Å². The lowest BCUT2D eigenvalue weighted by molar-refractivity contribution is -0.385. The minimum absolute atomic E-state index is 0. The largest absolute Gasteiger partial charge is 0.337 e. The molecule has 120 valence electrons. The van der Waals surface area contributed by atoms with Crippen LogP contribution in [-0.4, -0.2) is 45.9 Å². The number of carbonyl (C=O) groups excluding carboxylic acids is 1. The maximum atomic E-state index is 12.7. The van der Waals surface area contributed by atoms with Gasteiger partial charge < -0.3 is 10.2 Å². The molecule has 7 nitrogen and oxygen atoms in total. The van der Waals surface area contributed by atoms with E-state index < -0.39 is 4.92 Å². The third-order valence-corrected chi connectivity index (χ3v) is 4.32. The molecule has 1 N–H and O–H groups in total. The summed E-state index contributed by atoms with van der Waals surface area (Å²) in [6, 6.07) is 2.17. The lowest BCUT2D eigenvalue weighted by Crippen LogP contribution is -2.39. The van der Waals surface area contributed by atoms with Gasteiger partial charge in [-0.1, -0.05) is 0 Å². The number of rotatable bonds is 2. The number of likely N-dealkylation sites (tertiary alicyclic amines) is 1. The molecule has 2 unspecified atom stereocenters. The van der Waals surface area contributed by atoms with Crippen molar-refractivity contribution in [3.8, 4) is 0 Å². The molecule has 1 aromatic heterocycles. The van der Waals surface area contributed by atoms with Crippen molar-refractivity contribution in [2.75, 3.05) is 13.1 Å². The molecule has 3 rings (SSSR count). The van der Waals surface area contributed by atoms with E-state index in [2.05, 4.69) is 10.3 Å². The van der Waals surface area contributed by atoms with Crippen LogP contribution in [0.2, 0.25) is 0 Å². The first kappa shape index (κ1) is 16.6. The quantitative estimate of drug-likeness (QED) is 0.660. The second-order valence-corrected chi connectivity index (χ2v) is 5.76. The van der Waals surface area contributed by atoms with Crippen LogP contribution < -0.4 is 5.32 Å². The van der Waals surface area contributed by atoms with Crippen molar-refractivity contribution in [3.05, 3.63) is 33.6 Å². The fourth-order valence-electron chi connectivity index (χ4n) is 3.14. The monoisotopic (exact) mass is 326 g/mol. The van der Waals surface area contributed by atoms with E-state index in [0.29, 0.717) is 36.4 Å². The summed E-state index contributed by atoms with van der Waals surface area (Å²) in [5.74, 6) is -0.155. The number of hydrogen-bond acceptors (Lipinski definition) is 5. The van der Waals surface area contributed by atoms with Gasteiger partial charge in [0.2, 0.25) is 0 Å². The van der Waals surface area contributed by atoms with E-state index in [1.807, 2.05) is 0 Å². The summed E-state index contributed by atoms with van der Waals surface area (Å²) >= 11 is 0. The van der Waals surface area contributed by atoms with Gasteiger partial charge in [0, 0.05) is 31.2 Å². The summed E-state index contributed by atoms with van der Waals surface area (Å²) in [4.78, 5) is 28.8. The Hall–Kier alpha value is -1.73. The highest BCUT2D eigenvalue weighted by Crippen LogP contribution is 2.23. The average Bonchev–Trinajstić information content (AvgIpc) is 2.78. The topological polar surface area (TPSA) is 88.4 Å². The van der Waals surface area contributed by atoms with Crippen LogP contribution in [0.25, 0.3) is 0 Å². The first-order chi connectivity index (χ1) is 10.0. The van der Waals surface area contributed by atoms with Gasteiger partial charge >= 0.3 is 0 Å². The summed E-state index contributed by atoms with van der Waals surface area (Å²) in [7, 11) is 0. The zero-order valence-electron chi connectivity index (χ0n) is 12.3. The Morgan fingerprint density at radius 2 is 2.14 bits per heavy atom. The minimum atomic E-state index is -0.519. The number of pyridine rings is 1. The van der Waals surface area contributed by atoms with Crippen molar-refractivity contribution in [2.24, 2.45) is 0 Å². The average molecular weight is 327 g/mol. The zero-order chi connectivity index (χ0) is 15.0. The minimum Gasteiger partial charge on any atom is -0.337 e. The van der Waals surface area contributed by atoms with Gasteiger partial charge in [-0.3, -0.25) is 19.9 Å². The maximum Gasteiger partial charge on any atom is 0.288 e. The van der Waals surface area contributed by atoms with Gasteiger partial charge in [-0.25, -0.2) is 0 Å². The molecule has 2 fully saturated rings. The SMILES string of the molecule is Cc1ncc([N+](=O)[O-])cc1C(=O)N1CCC2CCC(C1)N2.Cl. The van der Waals surface area contributed by atoms with Gasteiger partial charge in [0.05, 0.1) is 16.2 Å². The zero-order valence-corrected chi connectivity index (χ0v) is 13.1. The van der Waals surface area contributed by atoms with Crippen molar-refractivity contribution in [1.82, 2.24) is 15.2 Å². The van der Waals surface area contributed by atoms with Crippen LogP contribution in [-0.2, 0) is 0 Å². The molecule has 3 heterocycles. The standard InChI is InChI=1S/C14H18N4O3.ClH/c1-9-13(6-12(7-15-9)18(20)21)14(19)17-5-4-10-2-3-11(8-17)16-10;/h6-7,10-11,16H,2-5,8H2,1H3;1H. The molecule has 2 bridgehead atoms. The Morgan fingerprint density at radius 3 is 2.86 bits per heavy atom. The molecule has 22 heavy (non-hydrogen) atoms. The second kappa shape index (κ2) is 6.58. The first-order valence-electron chi connectivity index (χ1n) is 7.21. The Kier molecular flexibility index (Phi) is 4.97. The molecule has 0 aliphatic carbocycles. The highest BCUT2D eigenvalue weighted by Gasteiger charge is 2.32. The van der Waals surface area contributed by atoms with E-state index in [9.17, 15) is 14.9 Å². The van der Waals surface area contributed by atoms with Gasteiger partial charge in [-0.05, 0) is 26.2 Å². The maximum absolute atomic E-state index is 12.7. The van der Waals surface area contributed by atoms with Gasteiger partial charge in [-0.15, -0.1) is 12.4 Å². The van der Waals surface area contributed by atoms with Crippen LogP contribution in [0.4, 0.5) is 5.69 Å². The normalized spacial score (nSPS) is 23.6. The molecule has 1 aromatic rings. The lowest BCUT2D eigenvalue weighted by atomic mass is 10.1. The van der Waals surface area contributed by atoms with Crippen molar-refractivity contribution in [2.45, 2.75) is 38.3 Å². The van der Waals surface area contributed by atoms with Crippen LogP contribution in [0.5, 0.6) is 0 Å². The predicted molar refractivity (Wildman–Crippen MR) is 83.3 cm³/mol. The van der Waals surface area contributed by atoms with Gasteiger partial charge in [0.25, 0.3) is 11.6 Å². The second-order valence-electron chi connectivity index (χ2n) is 5.76.